The van der Waals surface area contributed by atoms with Crippen LogP contribution in [0.1, 0.15) is 22.9 Å². The predicted octanol–water partition coefficient (Wildman–Crippen LogP) is 2.52. The molecule has 0 radical (unpaired) electrons. The summed E-state index contributed by atoms with van der Waals surface area (Å²) < 4.78 is 71.8. The molecule has 4 aromatic rings. The van der Waals surface area contributed by atoms with Crippen LogP contribution in [0.25, 0.3) is 0 Å². The Hall–Kier alpha value is -3.68. The number of nitrogens with one attached hydrogen (secondary N) is 1. The lowest BCUT2D eigenvalue weighted by molar-refractivity contribution is -0.281. The normalized spacial score (nSPS) is 27.6. The molecule has 5 N–H and O–H groups in total. The van der Waals surface area contributed by atoms with Gasteiger partial charge in [0.15, 0.2) is 12.5 Å². The average molecular weight is 807 g/mol. The van der Waals surface area contributed by atoms with E-state index in [2.05, 4.69) is 4.31 Å². The summed E-state index contributed by atoms with van der Waals surface area (Å²) in [6.07, 6.45) is -10.3. The fourth-order valence-corrected chi connectivity index (χ4v) is 8.03. The summed E-state index contributed by atoms with van der Waals surface area (Å²) in [6, 6.07) is 28.6. The quantitative estimate of drug-likeness (QED) is 0.0963. The summed E-state index contributed by atoms with van der Waals surface area (Å²) >= 11 is 0. The van der Waals surface area contributed by atoms with Gasteiger partial charge >= 0.3 is 21.3 Å². The van der Waals surface area contributed by atoms with Crippen molar-refractivity contribution in [2.24, 2.45) is 0 Å². The Kier molecular flexibility index (Phi) is 13.8. The van der Waals surface area contributed by atoms with Gasteiger partial charge in [0, 0.05) is 12.3 Å². The Morgan fingerprint density at radius 1 is 0.727 bits per heavy atom. The van der Waals surface area contributed by atoms with Crippen LogP contribution in [0.3, 0.4) is 0 Å². The van der Waals surface area contributed by atoms with Crippen molar-refractivity contribution in [3.63, 3.8) is 0 Å². The molecule has 0 aliphatic carbocycles. The van der Waals surface area contributed by atoms with Crippen molar-refractivity contribution in [1.82, 2.24) is 9.55 Å². The number of phosphoric acid groups is 2. The van der Waals surface area contributed by atoms with Gasteiger partial charge in [-0.3, -0.25) is 23.4 Å². The number of aromatic nitrogens is 2. The predicted molar refractivity (Wildman–Crippen MR) is 190 cm³/mol. The number of aliphatic hydroxyl groups is 2. The van der Waals surface area contributed by atoms with Crippen LogP contribution in [-0.4, -0.2) is 85.7 Å². The topological polar surface area (TPSA) is 244 Å². The molecule has 0 amide bonds. The molecule has 3 aromatic carbocycles. The lowest BCUT2D eigenvalue weighted by atomic mass is 10.0. The summed E-state index contributed by atoms with van der Waals surface area (Å²) in [7, 11) is -11.0. The number of H-pyrrole nitrogens is 1. The first-order valence-corrected chi connectivity index (χ1v) is 20.0. The minimum atomic E-state index is -5.53. The van der Waals surface area contributed by atoms with Gasteiger partial charge in [0.2, 0.25) is 0 Å². The largest absolute Gasteiger partial charge is 0.483 e. The second-order valence-corrected chi connectivity index (χ2v) is 15.5. The second kappa shape index (κ2) is 18.5. The number of nitrogens with zero attached hydrogens (tertiary/aromatic N) is 1. The van der Waals surface area contributed by atoms with Crippen LogP contribution >= 0.6 is 15.6 Å². The highest BCUT2D eigenvalue weighted by Crippen LogP contribution is 2.61. The zero-order valence-electron chi connectivity index (χ0n) is 29.0. The molecule has 2 saturated heterocycles. The van der Waals surface area contributed by atoms with E-state index >= 15 is 0 Å². The minimum Gasteiger partial charge on any atom is -0.387 e. The number of benzene rings is 3. The molecule has 2 fully saturated rings. The molecule has 6 rings (SSSR count). The Morgan fingerprint density at radius 3 is 1.84 bits per heavy atom. The third-order valence-electron chi connectivity index (χ3n) is 8.57. The number of ether oxygens (including phenoxy) is 5. The summed E-state index contributed by atoms with van der Waals surface area (Å²) in [5.74, 6) is 0. The molecule has 10 atom stereocenters. The Bertz CT molecular complexity index is 2040. The molecule has 296 valence electrons. The van der Waals surface area contributed by atoms with Crippen LogP contribution < -0.4 is 11.2 Å². The van der Waals surface area contributed by atoms with Crippen molar-refractivity contribution in [2.75, 3.05) is 13.2 Å². The van der Waals surface area contributed by atoms with Gasteiger partial charge in [-0.15, -0.1) is 0 Å². The van der Waals surface area contributed by atoms with E-state index in [1.54, 1.807) is 24.3 Å². The van der Waals surface area contributed by atoms with E-state index < -0.39 is 82.6 Å². The molecule has 0 bridgehead atoms. The monoisotopic (exact) mass is 806 g/mol. The fourth-order valence-electron chi connectivity index (χ4n) is 5.86. The van der Waals surface area contributed by atoms with Crippen molar-refractivity contribution in [1.29, 1.82) is 0 Å². The Balaban J connectivity index is 1.15. The first-order valence-electron chi connectivity index (χ1n) is 17.0. The average Bonchev–Trinajstić information content (AvgIpc) is 3.44. The molecule has 3 heterocycles. The first kappa shape index (κ1) is 41.0. The molecule has 20 heteroatoms. The molecule has 55 heavy (non-hydrogen) atoms. The van der Waals surface area contributed by atoms with Crippen LogP contribution in [0, 0.1) is 0 Å². The zero-order valence-corrected chi connectivity index (χ0v) is 30.8. The van der Waals surface area contributed by atoms with Gasteiger partial charge in [-0.25, -0.2) is 13.9 Å². The van der Waals surface area contributed by atoms with Crippen LogP contribution in [0.2, 0.25) is 0 Å². The number of aliphatic hydroxyl groups excluding tert-OH is 2. The van der Waals surface area contributed by atoms with E-state index in [1.165, 1.54) is 0 Å². The molecule has 2 aliphatic rings. The van der Waals surface area contributed by atoms with Gasteiger partial charge in [0.05, 0.1) is 33.0 Å². The molecular formula is C35H40N2O16P2. The molecule has 18 nitrogen and oxygen atoms in total. The van der Waals surface area contributed by atoms with Gasteiger partial charge in [-0.05, 0) is 16.7 Å². The van der Waals surface area contributed by atoms with Crippen LogP contribution in [0.4, 0.5) is 0 Å². The summed E-state index contributed by atoms with van der Waals surface area (Å²) in [5.41, 5.74) is 0.731. The van der Waals surface area contributed by atoms with E-state index in [-0.39, 0.29) is 26.4 Å². The number of rotatable bonds is 17. The van der Waals surface area contributed by atoms with Gasteiger partial charge < -0.3 is 43.7 Å². The summed E-state index contributed by atoms with van der Waals surface area (Å²) in [6.45, 7) is -0.940. The Morgan fingerprint density at radius 2 is 1.27 bits per heavy atom. The SMILES string of the molecule is O=c1ccn([C@@H]2O[C@H](COP(=O)(O)OP(=O)(O)OC3OC[C@H](OCc4ccccc4)[C@H](OCc4ccccc4)[C@H]3OCc3ccccc3)[C@@H](O)[C@H]2O)c(=O)[nH]1. The lowest BCUT2D eigenvalue weighted by Gasteiger charge is -2.41. The van der Waals surface area contributed by atoms with Crippen molar-refractivity contribution in [3.8, 4) is 0 Å². The van der Waals surface area contributed by atoms with E-state index in [9.17, 15) is 38.7 Å². The highest BCUT2D eigenvalue weighted by molar-refractivity contribution is 7.61. The van der Waals surface area contributed by atoms with Crippen molar-refractivity contribution >= 4 is 15.6 Å². The van der Waals surface area contributed by atoms with Crippen molar-refractivity contribution in [2.45, 2.75) is 69.0 Å². The maximum atomic E-state index is 13.3. The van der Waals surface area contributed by atoms with Gasteiger partial charge in [-0.2, -0.15) is 4.31 Å². The van der Waals surface area contributed by atoms with Gasteiger partial charge in [0.25, 0.3) is 5.56 Å². The standard InChI is InChI=1S/C35H40N2O16P2/c38-28-16-17-37(35(41)36-28)33-30(40)29(39)26(51-33)22-50-54(42,43)53-55(44,45)52-34-32(48-20-25-14-8-3-9-15-25)31(47-19-24-12-6-2-7-13-24)27(21-49-34)46-18-23-10-4-1-5-11-23/h1-17,26-27,29-34,39-40H,18-22H2,(H,42,43)(H,44,45)(H,36,38,41)/t26-,27+,29-,30-,31+,32-,33-,34?/m1/s1. The second-order valence-electron chi connectivity index (χ2n) is 12.5. The summed E-state index contributed by atoms with van der Waals surface area (Å²) in [4.78, 5) is 46.8. The molecular weight excluding hydrogens is 766 g/mol. The number of hydrogen-bond donors (Lipinski definition) is 5. The third-order valence-corrected chi connectivity index (χ3v) is 11.2. The first-order chi connectivity index (χ1) is 26.4. The third kappa shape index (κ3) is 11.2. The lowest BCUT2D eigenvalue weighted by Crippen LogP contribution is -2.56. The maximum Gasteiger partial charge on any atom is 0.483 e. The smallest absolute Gasteiger partial charge is 0.387 e. The van der Waals surface area contributed by atoms with Crippen LogP contribution in [-0.2, 0) is 66.0 Å². The summed E-state index contributed by atoms with van der Waals surface area (Å²) in [5, 5.41) is 20.9. The molecule has 0 spiro atoms. The Labute approximate surface area is 313 Å². The van der Waals surface area contributed by atoms with E-state index in [0.717, 1.165) is 33.5 Å². The highest BCUT2D eigenvalue weighted by Gasteiger charge is 2.49. The zero-order chi connectivity index (χ0) is 39.0. The van der Waals surface area contributed by atoms with E-state index in [4.69, 9.17) is 32.7 Å². The number of hydrogen-bond acceptors (Lipinski definition) is 14. The van der Waals surface area contributed by atoms with Crippen LogP contribution in [0.15, 0.2) is 113 Å². The highest BCUT2D eigenvalue weighted by atomic mass is 31.3. The van der Waals surface area contributed by atoms with E-state index in [1.807, 2.05) is 71.7 Å². The van der Waals surface area contributed by atoms with Crippen molar-refractivity contribution in [3.05, 3.63) is 141 Å². The number of aromatic amines is 1. The van der Waals surface area contributed by atoms with Crippen molar-refractivity contribution < 1.29 is 66.2 Å². The molecule has 3 unspecified atom stereocenters. The maximum absolute atomic E-state index is 13.3. The van der Waals surface area contributed by atoms with Gasteiger partial charge in [-0.1, -0.05) is 91.0 Å². The number of phosphoric ester groups is 2. The fraction of sp³-hybridized carbons (Fsp3) is 0.371. The molecule has 2 aliphatic heterocycles. The molecule has 1 aromatic heterocycles. The van der Waals surface area contributed by atoms with E-state index in [0.29, 0.717) is 0 Å². The van der Waals surface area contributed by atoms with Gasteiger partial charge in [0.1, 0.15) is 36.6 Å². The molecule has 0 saturated carbocycles. The minimum absolute atomic E-state index is 0.0226. The van der Waals surface area contributed by atoms with Crippen LogP contribution in [0.5, 0.6) is 0 Å².